The van der Waals surface area contributed by atoms with Crippen LogP contribution in [0.1, 0.15) is 32.3 Å². The lowest BCUT2D eigenvalue weighted by atomic mass is 10.2. The zero-order valence-corrected chi connectivity index (χ0v) is 16.3. The molecule has 0 aliphatic heterocycles. The van der Waals surface area contributed by atoms with E-state index in [9.17, 15) is 14.4 Å². The first-order valence-electron chi connectivity index (χ1n) is 8.30. The maximum atomic E-state index is 11.0. The molecule has 0 unspecified atom stereocenters. The molecule has 0 aliphatic carbocycles. The molecule has 1 rings (SSSR count). The maximum Gasteiger partial charge on any atom is 0.333 e. The van der Waals surface area contributed by atoms with Gasteiger partial charge in [0.2, 0.25) is 0 Å². The third-order valence-corrected chi connectivity index (χ3v) is 2.87. The minimum atomic E-state index is -0.983. The Labute approximate surface area is 165 Å². The van der Waals surface area contributed by atoms with Crippen molar-refractivity contribution >= 4 is 17.9 Å². The molecule has 3 N–H and O–H groups in total. The fourth-order valence-electron chi connectivity index (χ4n) is 1.25. The number of aliphatic carboxylic acids is 2. The zero-order chi connectivity index (χ0) is 22.1. The van der Waals surface area contributed by atoms with Crippen molar-refractivity contribution in [3.05, 3.63) is 72.4 Å². The highest BCUT2D eigenvalue weighted by Crippen LogP contribution is 2.02. The van der Waals surface area contributed by atoms with Crippen molar-refractivity contribution in [2.75, 3.05) is 6.61 Å². The number of carbonyl (C=O) groups is 3. The van der Waals surface area contributed by atoms with Gasteiger partial charge in [0, 0.05) is 23.3 Å². The van der Waals surface area contributed by atoms with Gasteiger partial charge in [0.05, 0.1) is 0 Å². The summed E-state index contributed by atoms with van der Waals surface area (Å²) < 4.78 is 4.95. The Hall–Kier alpha value is -3.19. The Kier molecular flexibility index (Phi) is 15.5. The highest BCUT2D eigenvalue weighted by atomic mass is 16.5. The van der Waals surface area contributed by atoms with Crippen LogP contribution in [0.15, 0.2) is 66.8 Å². The van der Waals surface area contributed by atoms with Crippen LogP contribution in [0.2, 0.25) is 0 Å². The van der Waals surface area contributed by atoms with E-state index >= 15 is 0 Å². The second kappa shape index (κ2) is 16.0. The Bertz CT molecular complexity index is 663. The van der Waals surface area contributed by atoms with Crippen LogP contribution < -0.4 is 0 Å². The van der Waals surface area contributed by atoms with Gasteiger partial charge in [-0.25, -0.2) is 14.4 Å². The molecule has 0 atom stereocenters. The van der Waals surface area contributed by atoms with Gasteiger partial charge in [-0.15, -0.1) is 0 Å². The molecule has 28 heavy (non-hydrogen) atoms. The smallest absolute Gasteiger partial charge is 0.333 e. The molecule has 0 spiro atoms. The van der Waals surface area contributed by atoms with Crippen molar-refractivity contribution in [1.29, 1.82) is 0 Å². The SMILES string of the molecule is C=C(C)C(=O)O.C=C(C)C(=O)OCc1ccccc1.C=C(CCCO)C(=O)O. The molecule has 7 nitrogen and oxygen atoms in total. The predicted molar refractivity (Wildman–Crippen MR) is 107 cm³/mol. The van der Waals surface area contributed by atoms with Crippen molar-refractivity contribution in [1.82, 2.24) is 0 Å². The van der Waals surface area contributed by atoms with E-state index in [1.54, 1.807) is 6.92 Å². The van der Waals surface area contributed by atoms with E-state index in [0.717, 1.165) is 5.56 Å². The first-order chi connectivity index (χ1) is 13.0. The largest absolute Gasteiger partial charge is 0.478 e. The maximum absolute atomic E-state index is 11.0. The van der Waals surface area contributed by atoms with Gasteiger partial charge in [0.1, 0.15) is 6.61 Å². The third-order valence-electron chi connectivity index (χ3n) is 2.87. The van der Waals surface area contributed by atoms with Crippen LogP contribution in [0.4, 0.5) is 0 Å². The molecular weight excluding hydrogens is 364 g/mol. The number of hydrogen-bond donors (Lipinski definition) is 3. The predicted octanol–water partition coefficient (Wildman–Crippen LogP) is 3.35. The molecule has 154 valence electrons. The Balaban J connectivity index is 0. The first-order valence-corrected chi connectivity index (χ1v) is 8.30. The summed E-state index contributed by atoms with van der Waals surface area (Å²) in [5.74, 6) is -2.26. The van der Waals surface area contributed by atoms with E-state index in [1.807, 2.05) is 30.3 Å². The molecule has 0 amide bonds. The number of aliphatic hydroxyl groups is 1. The number of rotatable bonds is 8. The second-order valence-corrected chi connectivity index (χ2v) is 5.66. The molecule has 0 bridgehead atoms. The summed E-state index contributed by atoms with van der Waals surface area (Å²) in [4.78, 5) is 30.6. The number of esters is 1. The number of ether oxygens (including phenoxy) is 1. The summed E-state index contributed by atoms with van der Waals surface area (Å²) >= 11 is 0. The quantitative estimate of drug-likeness (QED) is 0.458. The summed E-state index contributed by atoms with van der Waals surface area (Å²) in [5, 5.41) is 24.4. The minimum Gasteiger partial charge on any atom is -0.478 e. The molecule has 0 saturated heterocycles. The number of hydrogen-bond acceptors (Lipinski definition) is 5. The Morgan fingerprint density at radius 3 is 1.79 bits per heavy atom. The zero-order valence-electron chi connectivity index (χ0n) is 16.3. The van der Waals surface area contributed by atoms with E-state index in [-0.39, 0.29) is 23.7 Å². The lowest BCUT2D eigenvalue weighted by molar-refractivity contribution is -0.140. The number of carbonyl (C=O) groups excluding carboxylic acids is 1. The highest BCUT2D eigenvalue weighted by molar-refractivity contribution is 5.87. The molecule has 7 heteroatoms. The normalized spacial score (nSPS) is 8.82. The number of carboxylic acid groups (broad SMARTS) is 2. The van der Waals surface area contributed by atoms with Crippen molar-refractivity contribution in [3.63, 3.8) is 0 Å². The van der Waals surface area contributed by atoms with Crippen LogP contribution >= 0.6 is 0 Å². The van der Waals surface area contributed by atoms with Crippen LogP contribution in [0.3, 0.4) is 0 Å². The second-order valence-electron chi connectivity index (χ2n) is 5.66. The monoisotopic (exact) mass is 392 g/mol. The van der Waals surface area contributed by atoms with Crippen LogP contribution in [0.25, 0.3) is 0 Å². The Morgan fingerprint density at radius 2 is 1.43 bits per heavy atom. The van der Waals surface area contributed by atoms with Crippen LogP contribution in [-0.2, 0) is 25.7 Å². The molecule has 1 aromatic carbocycles. The average molecular weight is 392 g/mol. The lowest BCUT2D eigenvalue weighted by Crippen LogP contribution is -2.04. The molecular formula is C21H28O7. The topological polar surface area (TPSA) is 121 Å². The van der Waals surface area contributed by atoms with Crippen LogP contribution in [-0.4, -0.2) is 39.8 Å². The summed E-state index contributed by atoms with van der Waals surface area (Å²) in [7, 11) is 0. The summed E-state index contributed by atoms with van der Waals surface area (Å²) in [6.45, 7) is 13.3. The van der Waals surface area contributed by atoms with E-state index < -0.39 is 11.9 Å². The standard InChI is InChI=1S/C11H12O2.C6H10O3.C4H6O2/c1-9(2)11(12)13-8-10-6-4-3-5-7-10;1-5(6(8)9)3-2-4-7;1-3(2)4(5)6/h3-7H,1,8H2,2H3;7H,1-4H2,(H,8,9);1H2,2H3,(H,5,6). The molecule has 1 aromatic rings. The van der Waals surface area contributed by atoms with Gasteiger partial charge in [-0.05, 0) is 32.3 Å². The fraction of sp³-hybridized carbons (Fsp3) is 0.286. The number of benzene rings is 1. The van der Waals surface area contributed by atoms with E-state index in [4.69, 9.17) is 20.1 Å². The lowest BCUT2D eigenvalue weighted by Gasteiger charge is -2.03. The fourth-order valence-corrected chi connectivity index (χ4v) is 1.25. The summed E-state index contributed by atoms with van der Waals surface area (Å²) in [5.41, 5.74) is 1.74. The van der Waals surface area contributed by atoms with E-state index in [1.165, 1.54) is 6.92 Å². The summed E-state index contributed by atoms with van der Waals surface area (Å²) in [6, 6.07) is 9.55. The molecule has 0 heterocycles. The average Bonchev–Trinajstić information content (AvgIpc) is 2.65. The van der Waals surface area contributed by atoms with Gasteiger partial charge in [-0.1, -0.05) is 50.1 Å². The molecule has 0 radical (unpaired) electrons. The summed E-state index contributed by atoms with van der Waals surface area (Å²) in [6.07, 6.45) is 0.844. The van der Waals surface area contributed by atoms with Gasteiger partial charge in [0.25, 0.3) is 0 Å². The van der Waals surface area contributed by atoms with Crippen molar-refractivity contribution in [2.45, 2.75) is 33.3 Å². The molecule has 0 aromatic heterocycles. The van der Waals surface area contributed by atoms with Gasteiger partial charge in [-0.3, -0.25) is 0 Å². The van der Waals surface area contributed by atoms with Crippen LogP contribution in [0, 0.1) is 0 Å². The van der Waals surface area contributed by atoms with Gasteiger partial charge in [0.15, 0.2) is 0 Å². The number of aliphatic hydroxyl groups excluding tert-OH is 1. The van der Waals surface area contributed by atoms with Gasteiger partial charge < -0.3 is 20.1 Å². The van der Waals surface area contributed by atoms with Gasteiger partial charge >= 0.3 is 17.9 Å². The first kappa shape index (κ1) is 27.0. The minimum absolute atomic E-state index is 0.0201. The van der Waals surface area contributed by atoms with Crippen molar-refractivity contribution in [3.8, 4) is 0 Å². The Morgan fingerprint density at radius 1 is 0.929 bits per heavy atom. The molecule has 0 fully saturated rings. The van der Waals surface area contributed by atoms with E-state index in [0.29, 0.717) is 25.0 Å². The van der Waals surface area contributed by atoms with Crippen LogP contribution in [0.5, 0.6) is 0 Å². The van der Waals surface area contributed by atoms with Gasteiger partial charge in [-0.2, -0.15) is 0 Å². The number of carboxylic acids is 2. The van der Waals surface area contributed by atoms with E-state index in [2.05, 4.69) is 19.7 Å². The molecule has 0 saturated carbocycles. The third kappa shape index (κ3) is 16.3. The molecule has 0 aliphatic rings. The van der Waals surface area contributed by atoms with Crippen molar-refractivity contribution in [2.24, 2.45) is 0 Å². The highest BCUT2D eigenvalue weighted by Gasteiger charge is 2.02. The van der Waals surface area contributed by atoms with Crippen molar-refractivity contribution < 1.29 is 34.4 Å².